The van der Waals surface area contributed by atoms with Crippen LogP contribution in [0.3, 0.4) is 0 Å². The summed E-state index contributed by atoms with van der Waals surface area (Å²) in [4.78, 5) is 23.3. The molecule has 2 N–H and O–H groups in total. The van der Waals surface area contributed by atoms with Gasteiger partial charge in [-0.1, -0.05) is 24.3 Å². The summed E-state index contributed by atoms with van der Waals surface area (Å²) in [6.45, 7) is 4.05. The van der Waals surface area contributed by atoms with Gasteiger partial charge in [0, 0.05) is 11.1 Å². The molecule has 0 saturated carbocycles. The van der Waals surface area contributed by atoms with Crippen molar-refractivity contribution in [2.75, 3.05) is 13.2 Å². The van der Waals surface area contributed by atoms with Gasteiger partial charge >= 0.3 is 11.9 Å². The smallest absolute Gasteiger partial charge is 0.338 e. The molecule has 2 aromatic carbocycles. The van der Waals surface area contributed by atoms with Crippen LogP contribution >= 0.6 is 0 Å². The van der Waals surface area contributed by atoms with Crippen LogP contribution < -0.4 is 0 Å². The highest BCUT2D eigenvalue weighted by atomic mass is 16.5. The largest absolute Gasteiger partial charge is 0.462 e. The second-order valence-corrected chi connectivity index (χ2v) is 5.35. The monoisotopic (exact) mass is 352 g/mol. The summed E-state index contributed by atoms with van der Waals surface area (Å²) < 4.78 is 9.84. The van der Waals surface area contributed by atoms with E-state index in [2.05, 4.69) is 0 Å². The Morgan fingerprint density at radius 2 is 0.923 bits per heavy atom. The molecule has 0 aromatic heterocycles. The van der Waals surface area contributed by atoms with Gasteiger partial charge < -0.3 is 9.47 Å². The Bertz CT molecular complexity index is 752. The minimum atomic E-state index is -0.421. The fraction of sp³-hybridized carbons (Fsp3) is 0.200. The van der Waals surface area contributed by atoms with Gasteiger partial charge in [0.15, 0.2) is 0 Å². The van der Waals surface area contributed by atoms with E-state index in [1.54, 1.807) is 62.4 Å². The van der Waals surface area contributed by atoms with Crippen LogP contribution in [0.25, 0.3) is 0 Å². The van der Waals surface area contributed by atoms with E-state index in [1.165, 1.54) is 0 Å². The second-order valence-electron chi connectivity index (χ2n) is 5.35. The number of esters is 2. The first-order valence-corrected chi connectivity index (χ1v) is 8.20. The highest BCUT2D eigenvalue weighted by molar-refractivity contribution is 6.51. The van der Waals surface area contributed by atoms with Crippen molar-refractivity contribution in [1.29, 1.82) is 10.8 Å². The molecule has 6 heteroatoms. The average molecular weight is 352 g/mol. The standard InChI is InChI=1S/C20H20N2O4/c1-3-25-19(23)15-9-5-13(6-10-15)17(21)18(22)14-7-11-16(12-8-14)20(24)26-4-2/h5-12,21-22H,3-4H2,1-2H3. The molecule has 0 radical (unpaired) electrons. The summed E-state index contributed by atoms with van der Waals surface area (Å²) in [5, 5.41) is 16.4. The third-order valence-electron chi connectivity index (χ3n) is 3.62. The molecule has 134 valence electrons. The SMILES string of the molecule is CCOC(=O)c1ccc(C(=N)C(=N)c2ccc(C(=O)OCC)cc2)cc1. The Morgan fingerprint density at radius 3 is 1.19 bits per heavy atom. The van der Waals surface area contributed by atoms with Crippen LogP contribution in [-0.4, -0.2) is 36.6 Å². The van der Waals surface area contributed by atoms with Crippen LogP contribution in [0, 0.1) is 10.8 Å². The Labute approximate surface area is 151 Å². The highest BCUT2D eigenvalue weighted by Crippen LogP contribution is 2.12. The minimum absolute atomic E-state index is 0.0179. The molecule has 0 unspecified atom stereocenters. The van der Waals surface area contributed by atoms with Gasteiger partial charge in [0.1, 0.15) is 0 Å². The highest BCUT2D eigenvalue weighted by Gasteiger charge is 2.13. The predicted molar refractivity (Wildman–Crippen MR) is 98.5 cm³/mol. The van der Waals surface area contributed by atoms with Crippen molar-refractivity contribution in [1.82, 2.24) is 0 Å². The molecule has 0 atom stereocenters. The molecule has 0 heterocycles. The topological polar surface area (TPSA) is 100 Å². The number of carbonyl (C=O) groups excluding carboxylic acids is 2. The summed E-state index contributed by atoms with van der Waals surface area (Å²) in [5.41, 5.74) is 1.85. The van der Waals surface area contributed by atoms with Crippen molar-refractivity contribution in [3.63, 3.8) is 0 Å². The van der Waals surface area contributed by atoms with Crippen molar-refractivity contribution in [2.24, 2.45) is 0 Å². The van der Waals surface area contributed by atoms with Gasteiger partial charge in [-0.2, -0.15) is 0 Å². The number of carbonyl (C=O) groups is 2. The van der Waals surface area contributed by atoms with Crippen molar-refractivity contribution < 1.29 is 19.1 Å². The quantitative estimate of drug-likeness (QED) is 0.588. The fourth-order valence-corrected chi connectivity index (χ4v) is 2.26. The van der Waals surface area contributed by atoms with Crippen LogP contribution in [0.5, 0.6) is 0 Å². The van der Waals surface area contributed by atoms with Crippen molar-refractivity contribution >= 4 is 23.4 Å². The van der Waals surface area contributed by atoms with Crippen molar-refractivity contribution in [2.45, 2.75) is 13.8 Å². The number of benzene rings is 2. The molecule has 0 bridgehead atoms. The molecule has 0 spiro atoms. The molecular weight excluding hydrogens is 332 g/mol. The molecule has 0 aliphatic rings. The molecule has 6 nitrogen and oxygen atoms in total. The van der Waals surface area contributed by atoms with Crippen LogP contribution in [0.15, 0.2) is 48.5 Å². The van der Waals surface area contributed by atoms with Gasteiger partial charge in [0.2, 0.25) is 0 Å². The lowest BCUT2D eigenvalue weighted by Crippen LogP contribution is -2.15. The van der Waals surface area contributed by atoms with Gasteiger partial charge in [-0.3, -0.25) is 10.8 Å². The molecule has 2 aromatic rings. The Hall–Kier alpha value is -3.28. The molecule has 26 heavy (non-hydrogen) atoms. The van der Waals surface area contributed by atoms with E-state index in [9.17, 15) is 9.59 Å². The maximum atomic E-state index is 11.7. The lowest BCUT2D eigenvalue weighted by atomic mass is 9.98. The first-order valence-electron chi connectivity index (χ1n) is 8.20. The van der Waals surface area contributed by atoms with E-state index in [0.717, 1.165) is 0 Å². The average Bonchev–Trinajstić information content (AvgIpc) is 2.67. The zero-order valence-electron chi connectivity index (χ0n) is 14.7. The van der Waals surface area contributed by atoms with E-state index >= 15 is 0 Å². The van der Waals surface area contributed by atoms with Crippen LogP contribution in [-0.2, 0) is 9.47 Å². The first kappa shape index (κ1) is 19.1. The third-order valence-corrected chi connectivity index (χ3v) is 3.62. The summed E-state index contributed by atoms with van der Waals surface area (Å²) >= 11 is 0. The van der Waals surface area contributed by atoms with Crippen molar-refractivity contribution in [3.8, 4) is 0 Å². The summed E-state index contributed by atoms with van der Waals surface area (Å²) in [6, 6.07) is 12.7. The van der Waals surface area contributed by atoms with E-state index in [4.69, 9.17) is 20.3 Å². The first-order chi connectivity index (χ1) is 12.5. The van der Waals surface area contributed by atoms with E-state index in [1.807, 2.05) is 0 Å². The maximum Gasteiger partial charge on any atom is 0.338 e. The van der Waals surface area contributed by atoms with Gasteiger partial charge in [-0.05, 0) is 38.1 Å². The number of ether oxygens (including phenoxy) is 2. The molecule has 0 aliphatic heterocycles. The lowest BCUT2D eigenvalue weighted by molar-refractivity contribution is 0.0516. The summed E-state index contributed by atoms with van der Waals surface area (Å²) in [7, 11) is 0. The normalized spacial score (nSPS) is 10.1. The number of rotatable bonds is 7. The molecular formula is C20H20N2O4. The van der Waals surface area contributed by atoms with Crippen LogP contribution in [0.2, 0.25) is 0 Å². The Kier molecular flexibility index (Phi) is 6.38. The van der Waals surface area contributed by atoms with Crippen molar-refractivity contribution in [3.05, 3.63) is 70.8 Å². The van der Waals surface area contributed by atoms with E-state index in [-0.39, 0.29) is 11.4 Å². The van der Waals surface area contributed by atoms with Crippen LogP contribution in [0.4, 0.5) is 0 Å². The lowest BCUT2D eigenvalue weighted by Gasteiger charge is -2.08. The number of hydrogen-bond acceptors (Lipinski definition) is 6. The molecule has 0 saturated heterocycles. The Balaban J connectivity index is 2.13. The molecule has 0 aliphatic carbocycles. The van der Waals surface area contributed by atoms with Gasteiger partial charge in [0.25, 0.3) is 0 Å². The summed E-state index contributed by atoms with van der Waals surface area (Å²) in [5.74, 6) is -0.842. The predicted octanol–water partition coefficient (Wildman–Crippen LogP) is 3.48. The molecule has 2 rings (SSSR count). The zero-order valence-corrected chi connectivity index (χ0v) is 14.7. The number of nitrogens with one attached hydrogen (secondary N) is 2. The minimum Gasteiger partial charge on any atom is -0.462 e. The fourth-order valence-electron chi connectivity index (χ4n) is 2.26. The number of hydrogen-bond donors (Lipinski definition) is 2. The van der Waals surface area contributed by atoms with E-state index < -0.39 is 11.9 Å². The van der Waals surface area contributed by atoms with Gasteiger partial charge in [0.05, 0.1) is 35.8 Å². The second kappa shape index (κ2) is 8.71. The van der Waals surface area contributed by atoms with Gasteiger partial charge in [-0.15, -0.1) is 0 Å². The zero-order chi connectivity index (χ0) is 19.1. The summed E-state index contributed by atoms with van der Waals surface area (Å²) in [6.07, 6.45) is 0. The maximum absolute atomic E-state index is 11.7. The Morgan fingerprint density at radius 1 is 0.654 bits per heavy atom. The van der Waals surface area contributed by atoms with E-state index in [0.29, 0.717) is 35.5 Å². The molecule has 0 fully saturated rings. The molecule has 0 amide bonds. The van der Waals surface area contributed by atoms with Gasteiger partial charge in [-0.25, -0.2) is 9.59 Å². The third kappa shape index (κ3) is 4.42. The van der Waals surface area contributed by atoms with Crippen LogP contribution in [0.1, 0.15) is 45.7 Å².